The van der Waals surface area contributed by atoms with Crippen LogP contribution in [0.4, 0.5) is 34.1 Å². The summed E-state index contributed by atoms with van der Waals surface area (Å²) in [4.78, 5) is 4.69. The van der Waals surface area contributed by atoms with Gasteiger partial charge in [0.2, 0.25) is 0 Å². The molecule has 0 saturated heterocycles. The lowest BCUT2D eigenvalue weighted by molar-refractivity contribution is 1.29. The summed E-state index contributed by atoms with van der Waals surface area (Å²) in [5, 5.41) is 10.5. The Labute approximate surface area is 284 Å². The van der Waals surface area contributed by atoms with E-state index in [0.29, 0.717) is 0 Å². The minimum Gasteiger partial charge on any atom is -0.310 e. The largest absolute Gasteiger partial charge is 0.310 e. The molecule has 1 N–H and O–H groups in total. The summed E-state index contributed by atoms with van der Waals surface area (Å²) in [7, 11) is 2.22. The highest BCUT2D eigenvalue weighted by Crippen LogP contribution is 2.41. The van der Waals surface area contributed by atoms with Gasteiger partial charge >= 0.3 is 0 Å². The van der Waals surface area contributed by atoms with Crippen LogP contribution in [0.3, 0.4) is 0 Å². The normalized spacial score (nSPS) is 10.7. The molecule has 0 amide bonds. The molecule has 3 nitrogen and oxygen atoms in total. The smallest absolute Gasteiger partial charge is 0.0540 e. The molecule has 0 bridgehead atoms. The molecular weight excluding hydrogens is 601 g/mol. The van der Waals surface area contributed by atoms with Gasteiger partial charge in [0.05, 0.1) is 11.4 Å². The summed E-state index contributed by atoms with van der Waals surface area (Å²) >= 11 is 0. The van der Waals surface area contributed by atoms with Crippen LogP contribution in [0.15, 0.2) is 194 Å². The maximum atomic E-state index is 5.56. The van der Waals surface area contributed by atoms with Gasteiger partial charge in [-0.2, -0.15) is 0 Å². The molecule has 0 aliphatic heterocycles. The minimum absolute atomic E-state index is 1.12. The zero-order valence-corrected chi connectivity index (χ0v) is 27.4. The Morgan fingerprint density at radius 1 is 0.292 bits per heavy atom. The van der Waals surface area contributed by atoms with Crippen LogP contribution in [0.5, 0.6) is 0 Å². The number of benzene rings is 8. The van der Waals surface area contributed by atoms with Crippen molar-refractivity contribution >= 4 is 64.7 Å². The summed E-state index contributed by atoms with van der Waals surface area (Å²) in [5.41, 5.74) is 9.18. The first-order chi connectivity index (χ1) is 23.8. The highest BCUT2D eigenvalue weighted by atomic mass is 31.0. The second-order valence-electron chi connectivity index (χ2n) is 11.4. The van der Waals surface area contributed by atoms with Crippen LogP contribution < -0.4 is 9.80 Å². The van der Waals surface area contributed by atoms with Gasteiger partial charge in [-0.3, -0.25) is 5.16 Å². The van der Waals surface area contributed by atoms with Crippen molar-refractivity contribution in [3.05, 3.63) is 194 Å². The lowest BCUT2D eigenvalue weighted by atomic mass is 10.0. The molecule has 8 aromatic rings. The van der Waals surface area contributed by atoms with E-state index in [-0.39, 0.29) is 0 Å². The number of para-hydroxylation sites is 2. The zero-order valence-electron chi connectivity index (χ0n) is 26.4. The van der Waals surface area contributed by atoms with Crippen molar-refractivity contribution in [3.8, 4) is 11.1 Å². The van der Waals surface area contributed by atoms with Gasteiger partial charge in [-0.15, -0.1) is 0 Å². The second kappa shape index (κ2) is 14.2. The molecular formula is C44H34N3P. The van der Waals surface area contributed by atoms with Gasteiger partial charge in [0.1, 0.15) is 0 Å². The Hall–Kier alpha value is -6.02. The fourth-order valence-electron chi connectivity index (χ4n) is 6.42. The van der Waals surface area contributed by atoms with Crippen LogP contribution in [-0.4, -0.2) is 0 Å². The summed E-state index contributed by atoms with van der Waals surface area (Å²) in [6.45, 7) is 0. The molecule has 0 saturated carbocycles. The van der Waals surface area contributed by atoms with E-state index in [9.17, 15) is 0 Å². The molecule has 0 aliphatic carbocycles. The first kappa shape index (κ1) is 30.6. The van der Waals surface area contributed by atoms with E-state index in [1.54, 1.807) is 0 Å². The monoisotopic (exact) mass is 635 g/mol. The maximum Gasteiger partial charge on any atom is 0.0540 e. The molecule has 0 unspecified atom stereocenters. The number of fused-ring (bicyclic) bond motifs is 2. The van der Waals surface area contributed by atoms with Crippen molar-refractivity contribution < 1.29 is 0 Å². The van der Waals surface area contributed by atoms with Crippen molar-refractivity contribution in [2.75, 3.05) is 9.80 Å². The third kappa shape index (κ3) is 6.08. The minimum atomic E-state index is 1.12. The predicted octanol–water partition coefficient (Wildman–Crippen LogP) is 13.5. The Balaban J connectivity index is 0.00000179. The van der Waals surface area contributed by atoms with Gasteiger partial charge in [0.15, 0.2) is 0 Å². The fraction of sp³-hybridized carbons (Fsp3) is 0. The van der Waals surface area contributed by atoms with Crippen LogP contribution in [0.1, 0.15) is 0 Å². The van der Waals surface area contributed by atoms with E-state index in [4.69, 9.17) is 5.16 Å². The Morgan fingerprint density at radius 3 is 1.00 bits per heavy atom. The molecule has 0 heterocycles. The van der Waals surface area contributed by atoms with Crippen molar-refractivity contribution in [1.82, 2.24) is 0 Å². The third-order valence-electron chi connectivity index (χ3n) is 8.63. The number of nitrogens with one attached hydrogen (secondary N) is 1. The van der Waals surface area contributed by atoms with E-state index in [2.05, 4.69) is 213 Å². The van der Waals surface area contributed by atoms with E-state index < -0.39 is 0 Å². The molecule has 48 heavy (non-hydrogen) atoms. The topological polar surface area (TPSA) is 30.3 Å². The zero-order chi connectivity index (χ0) is 32.7. The number of hydrogen-bond donors (Lipinski definition) is 1. The average Bonchev–Trinajstić information content (AvgIpc) is 3.17. The molecule has 0 aliphatic rings. The third-order valence-corrected chi connectivity index (χ3v) is 8.63. The van der Waals surface area contributed by atoms with Crippen LogP contribution in [-0.2, 0) is 0 Å². The molecule has 0 spiro atoms. The van der Waals surface area contributed by atoms with Crippen molar-refractivity contribution in [2.45, 2.75) is 0 Å². The van der Waals surface area contributed by atoms with E-state index in [0.717, 1.165) is 34.1 Å². The van der Waals surface area contributed by atoms with Crippen LogP contribution in [0.25, 0.3) is 32.7 Å². The van der Waals surface area contributed by atoms with Gasteiger partial charge in [0.25, 0.3) is 0 Å². The average molecular weight is 636 g/mol. The van der Waals surface area contributed by atoms with Crippen molar-refractivity contribution in [3.63, 3.8) is 0 Å². The SMILES string of the molecule is N=P.c1ccc(N(c2ccc(-c3ccc(N(c4ccccc4)c4cccc5ccccc45)cc3)cc2)c2cccc3ccccc23)cc1. The molecule has 8 aromatic carbocycles. The lowest BCUT2D eigenvalue weighted by Crippen LogP contribution is -2.10. The summed E-state index contributed by atoms with van der Waals surface area (Å²) in [5.74, 6) is 0. The Kier molecular flexibility index (Phi) is 9.04. The van der Waals surface area contributed by atoms with Gasteiger partial charge in [0, 0.05) is 33.5 Å². The van der Waals surface area contributed by atoms with Gasteiger partial charge < -0.3 is 9.80 Å². The van der Waals surface area contributed by atoms with Gasteiger partial charge in [-0.1, -0.05) is 133 Å². The molecule has 8 rings (SSSR count). The summed E-state index contributed by atoms with van der Waals surface area (Å²) in [6.07, 6.45) is 0. The standard InChI is InChI=1S/C44H32N2.H2NP/c1-3-17-37(18-4-1)45(43-23-11-15-35-13-7-9-21-41(35)43)39-29-25-33(26-30-39)34-27-31-40(32-28-34)46(38-19-5-2-6-20-38)44-24-12-16-36-14-8-10-22-42(36)44;1-2/h1-32H;1-2H. The van der Waals surface area contributed by atoms with Gasteiger partial charge in [-0.25, -0.2) is 0 Å². The lowest BCUT2D eigenvalue weighted by Gasteiger charge is -2.27. The summed E-state index contributed by atoms with van der Waals surface area (Å²) in [6, 6.07) is 69.2. The summed E-state index contributed by atoms with van der Waals surface area (Å²) < 4.78 is 0. The van der Waals surface area contributed by atoms with E-state index >= 15 is 0 Å². The second-order valence-corrected chi connectivity index (χ2v) is 11.4. The highest BCUT2D eigenvalue weighted by Gasteiger charge is 2.17. The van der Waals surface area contributed by atoms with Gasteiger partial charge in [-0.05, 0) is 91.6 Å². The molecule has 0 fully saturated rings. The molecule has 0 aromatic heterocycles. The van der Waals surface area contributed by atoms with Crippen LogP contribution in [0, 0.1) is 5.16 Å². The quantitative estimate of drug-likeness (QED) is 0.177. The number of hydrogen-bond acceptors (Lipinski definition) is 3. The molecule has 0 atom stereocenters. The molecule has 230 valence electrons. The maximum absolute atomic E-state index is 5.56. The highest BCUT2D eigenvalue weighted by molar-refractivity contribution is 7.02. The predicted molar refractivity (Wildman–Crippen MR) is 207 cm³/mol. The number of rotatable bonds is 7. The van der Waals surface area contributed by atoms with Crippen molar-refractivity contribution in [2.24, 2.45) is 0 Å². The molecule has 4 heteroatoms. The number of anilines is 6. The van der Waals surface area contributed by atoms with Crippen LogP contribution >= 0.6 is 9.03 Å². The first-order valence-electron chi connectivity index (χ1n) is 15.9. The van der Waals surface area contributed by atoms with Crippen molar-refractivity contribution in [1.29, 1.82) is 5.16 Å². The number of nitrogens with zero attached hydrogens (tertiary/aromatic N) is 2. The Morgan fingerprint density at radius 2 is 0.604 bits per heavy atom. The van der Waals surface area contributed by atoms with E-state index in [1.807, 2.05) is 0 Å². The first-order valence-corrected chi connectivity index (χ1v) is 16.4. The molecule has 0 radical (unpaired) electrons. The van der Waals surface area contributed by atoms with E-state index in [1.165, 1.54) is 32.7 Å². The Bertz CT molecular complexity index is 2090. The fourth-order valence-corrected chi connectivity index (χ4v) is 6.42. The van der Waals surface area contributed by atoms with Crippen LogP contribution in [0.2, 0.25) is 0 Å².